The molecular formula is C11H16ClNO3. The van der Waals surface area contributed by atoms with Gasteiger partial charge in [0.25, 0.3) is 0 Å². The highest BCUT2D eigenvalue weighted by molar-refractivity contribution is 5.85. The zero-order chi connectivity index (χ0) is 11.1. The monoisotopic (exact) mass is 245 g/mol. The predicted molar refractivity (Wildman–Crippen MR) is 63.3 cm³/mol. The molecule has 1 rings (SSSR count). The van der Waals surface area contributed by atoms with Crippen molar-refractivity contribution in [3.8, 4) is 0 Å². The molecule has 0 aliphatic carbocycles. The second-order valence-corrected chi connectivity index (χ2v) is 3.16. The minimum Gasteiger partial charge on any atom is -0.460 e. The van der Waals surface area contributed by atoms with Crippen molar-refractivity contribution in [1.82, 2.24) is 0 Å². The van der Waals surface area contributed by atoms with Gasteiger partial charge in [-0.1, -0.05) is 30.3 Å². The highest BCUT2D eigenvalue weighted by atomic mass is 35.5. The van der Waals surface area contributed by atoms with Crippen LogP contribution in [0, 0.1) is 0 Å². The Morgan fingerprint density at radius 2 is 2.00 bits per heavy atom. The van der Waals surface area contributed by atoms with Gasteiger partial charge in [0.1, 0.15) is 12.6 Å². The fourth-order valence-corrected chi connectivity index (χ4v) is 1.08. The number of benzene rings is 1. The van der Waals surface area contributed by atoms with Crippen LogP contribution in [-0.4, -0.2) is 25.7 Å². The molecule has 4 nitrogen and oxygen atoms in total. The Hall–Kier alpha value is -1.10. The number of carbonyl (C=O) groups is 1. The van der Waals surface area contributed by atoms with Crippen LogP contribution in [0.2, 0.25) is 0 Å². The summed E-state index contributed by atoms with van der Waals surface area (Å²) in [6, 6.07) is 8.74. The van der Waals surface area contributed by atoms with E-state index in [0.29, 0.717) is 0 Å². The molecule has 2 N–H and O–H groups in total. The van der Waals surface area contributed by atoms with Gasteiger partial charge in [-0.25, -0.2) is 0 Å². The number of methoxy groups -OCH3 is 1. The van der Waals surface area contributed by atoms with Crippen molar-refractivity contribution in [3.63, 3.8) is 0 Å². The van der Waals surface area contributed by atoms with Crippen LogP contribution in [0.3, 0.4) is 0 Å². The maximum absolute atomic E-state index is 11.3. The first-order valence-electron chi connectivity index (χ1n) is 4.69. The lowest BCUT2D eigenvalue weighted by Gasteiger charge is -2.10. The molecule has 0 spiro atoms. The molecule has 0 bridgehead atoms. The summed E-state index contributed by atoms with van der Waals surface area (Å²) in [6.07, 6.45) is 0. The second-order valence-electron chi connectivity index (χ2n) is 3.16. The van der Waals surface area contributed by atoms with Gasteiger partial charge in [-0.15, -0.1) is 12.4 Å². The van der Waals surface area contributed by atoms with E-state index in [9.17, 15) is 4.79 Å². The van der Waals surface area contributed by atoms with E-state index in [-0.39, 0.29) is 25.6 Å². The molecule has 1 aromatic carbocycles. The lowest BCUT2D eigenvalue weighted by molar-refractivity contribution is -0.147. The van der Waals surface area contributed by atoms with Crippen LogP contribution in [0.5, 0.6) is 0 Å². The molecule has 16 heavy (non-hydrogen) atoms. The summed E-state index contributed by atoms with van der Waals surface area (Å²) in [5.74, 6) is -0.444. The molecule has 1 atom stereocenters. The molecule has 0 amide bonds. The molecule has 0 aliphatic rings. The average molecular weight is 246 g/mol. The first kappa shape index (κ1) is 14.9. The van der Waals surface area contributed by atoms with Crippen molar-refractivity contribution in [3.05, 3.63) is 35.9 Å². The third-order valence-electron chi connectivity index (χ3n) is 1.87. The van der Waals surface area contributed by atoms with Crippen LogP contribution in [0.25, 0.3) is 0 Å². The number of nitrogens with two attached hydrogens (primary N) is 1. The van der Waals surface area contributed by atoms with Crippen LogP contribution >= 0.6 is 12.4 Å². The molecule has 0 aliphatic heterocycles. The fourth-order valence-electron chi connectivity index (χ4n) is 1.08. The molecule has 0 heterocycles. The Kier molecular flexibility index (Phi) is 7.54. The molecular weight excluding hydrogens is 230 g/mol. The Balaban J connectivity index is 0.00000225. The maximum atomic E-state index is 11.3. The Bertz CT molecular complexity index is 305. The molecule has 1 aromatic rings. The van der Waals surface area contributed by atoms with Gasteiger partial charge in [0.15, 0.2) is 0 Å². The summed E-state index contributed by atoms with van der Waals surface area (Å²) in [6.45, 7) is 0.421. The third-order valence-corrected chi connectivity index (χ3v) is 1.87. The largest absolute Gasteiger partial charge is 0.460 e. The molecule has 0 unspecified atom stereocenters. The first-order valence-corrected chi connectivity index (χ1v) is 4.69. The summed E-state index contributed by atoms with van der Waals surface area (Å²) in [5.41, 5.74) is 6.43. The summed E-state index contributed by atoms with van der Waals surface area (Å²) in [7, 11) is 1.49. The van der Waals surface area contributed by atoms with Crippen LogP contribution in [0.1, 0.15) is 5.56 Å². The minimum atomic E-state index is -0.710. The first-order chi connectivity index (χ1) is 7.24. The number of ether oxygens (including phenoxy) is 2. The number of hydrogen-bond acceptors (Lipinski definition) is 4. The molecule has 0 saturated carbocycles. The van der Waals surface area contributed by atoms with Crippen LogP contribution in [0.15, 0.2) is 30.3 Å². The SMILES string of the molecule is COC[C@@H](N)C(=O)OCc1ccccc1.Cl. The quantitative estimate of drug-likeness (QED) is 0.790. The van der Waals surface area contributed by atoms with Crippen molar-refractivity contribution < 1.29 is 14.3 Å². The molecule has 0 saturated heterocycles. The lowest BCUT2D eigenvalue weighted by Crippen LogP contribution is -2.36. The highest BCUT2D eigenvalue weighted by Gasteiger charge is 2.14. The molecule has 0 aromatic heterocycles. The van der Waals surface area contributed by atoms with E-state index in [1.54, 1.807) is 0 Å². The van der Waals surface area contributed by atoms with Gasteiger partial charge >= 0.3 is 5.97 Å². The van der Waals surface area contributed by atoms with Crippen LogP contribution < -0.4 is 5.73 Å². The van der Waals surface area contributed by atoms with Crippen LogP contribution in [0.4, 0.5) is 0 Å². The van der Waals surface area contributed by atoms with Crippen LogP contribution in [-0.2, 0) is 20.9 Å². The van der Waals surface area contributed by atoms with Gasteiger partial charge in [0.05, 0.1) is 6.61 Å². The molecule has 0 radical (unpaired) electrons. The van der Waals surface area contributed by atoms with Gasteiger partial charge in [0.2, 0.25) is 0 Å². The van der Waals surface area contributed by atoms with Gasteiger partial charge < -0.3 is 15.2 Å². The van der Waals surface area contributed by atoms with Crippen molar-refractivity contribution in [1.29, 1.82) is 0 Å². The van der Waals surface area contributed by atoms with E-state index < -0.39 is 12.0 Å². The topological polar surface area (TPSA) is 61.5 Å². The molecule has 0 fully saturated rings. The number of rotatable bonds is 5. The Labute approximate surface area is 101 Å². The number of halogens is 1. The predicted octanol–water partition coefficient (Wildman–Crippen LogP) is 1.13. The third kappa shape index (κ3) is 5.11. The molecule has 90 valence electrons. The summed E-state index contributed by atoms with van der Waals surface area (Å²) >= 11 is 0. The zero-order valence-electron chi connectivity index (χ0n) is 9.09. The van der Waals surface area contributed by atoms with E-state index in [0.717, 1.165) is 5.56 Å². The zero-order valence-corrected chi connectivity index (χ0v) is 9.91. The lowest BCUT2D eigenvalue weighted by atomic mass is 10.2. The van der Waals surface area contributed by atoms with Gasteiger partial charge in [-0.2, -0.15) is 0 Å². The standard InChI is InChI=1S/C11H15NO3.ClH/c1-14-8-10(12)11(13)15-7-9-5-3-2-4-6-9;/h2-6,10H,7-8,12H2,1H3;1H/t10-;/m1./s1. The smallest absolute Gasteiger partial charge is 0.325 e. The van der Waals surface area contributed by atoms with E-state index in [1.807, 2.05) is 30.3 Å². The van der Waals surface area contributed by atoms with E-state index in [2.05, 4.69) is 0 Å². The summed E-state index contributed by atoms with van der Waals surface area (Å²) < 4.78 is 9.75. The van der Waals surface area contributed by atoms with Crippen molar-refractivity contribution in [2.45, 2.75) is 12.6 Å². The molecule has 5 heteroatoms. The van der Waals surface area contributed by atoms with E-state index >= 15 is 0 Å². The maximum Gasteiger partial charge on any atom is 0.325 e. The van der Waals surface area contributed by atoms with Gasteiger partial charge in [0, 0.05) is 7.11 Å². The fraction of sp³-hybridized carbons (Fsp3) is 0.364. The highest BCUT2D eigenvalue weighted by Crippen LogP contribution is 2.01. The minimum absolute atomic E-state index is 0. The van der Waals surface area contributed by atoms with Gasteiger partial charge in [-0.3, -0.25) is 4.79 Å². The number of esters is 1. The van der Waals surface area contributed by atoms with Gasteiger partial charge in [-0.05, 0) is 5.56 Å². The van der Waals surface area contributed by atoms with E-state index in [4.69, 9.17) is 15.2 Å². The van der Waals surface area contributed by atoms with Crippen molar-refractivity contribution in [2.75, 3.05) is 13.7 Å². The normalized spacial score (nSPS) is 11.4. The Morgan fingerprint density at radius 1 is 1.38 bits per heavy atom. The summed E-state index contributed by atoms with van der Waals surface area (Å²) in [4.78, 5) is 11.3. The van der Waals surface area contributed by atoms with E-state index in [1.165, 1.54) is 7.11 Å². The Morgan fingerprint density at radius 3 is 2.56 bits per heavy atom. The second kappa shape index (κ2) is 8.10. The van der Waals surface area contributed by atoms with Crippen molar-refractivity contribution >= 4 is 18.4 Å². The number of carbonyl (C=O) groups excluding carboxylic acids is 1. The summed E-state index contributed by atoms with van der Waals surface area (Å²) in [5, 5.41) is 0. The average Bonchev–Trinajstić information content (AvgIpc) is 2.27. The number of hydrogen-bond donors (Lipinski definition) is 1. The van der Waals surface area contributed by atoms with Crippen molar-refractivity contribution in [2.24, 2.45) is 5.73 Å².